The summed E-state index contributed by atoms with van der Waals surface area (Å²) in [6.07, 6.45) is 1.81. The fraction of sp³-hybridized carbons (Fsp3) is 0.400. The summed E-state index contributed by atoms with van der Waals surface area (Å²) in [5.74, 6) is 0.330. The van der Waals surface area contributed by atoms with Gasteiger partial charge in [0, 0.05) is 20.0 Å². The first-order valence-electron chi connectivity index (χ1n) is 6.72. The van der Waals surface area contributed by atoms with E-state index >= 15 is 0 Å². The molecule has 1 unspecified atom stereocenters. The molecule has 1 atom stereocenters. The van der Waals surface area contributed by atoms with Crippen molar-refractivity contribution in [2.24, 2.45) is 12.8 Å². The van der Waals surface area contributed by atoms with Crippen LogP contribution in [0, 0.1) is 6.92 Å². The quantitative estimate of drug-likeness (QED) is 0.820. The molecule has 0 bridgehead atoms. The lowest BCUT2D eigenvalue weighted by Crippen LogP contribution is -2.46. The Morgan fingerprint density at radius 1 is 1.43 bits per heavy atom. The molecule has 0 saturated carbocycles. The number of hydrogen-bond donors (Lipinski definition) is 1. The van der Waals surface area contributed by atoms with E-state index in [4.69, 9.17) is 10.5 Å². The molecule has 21 heavy (non-hydrogen) atoms. The monoisotopic (exact) mass is 288 g/mol. The van der Waals surface area contributed by atoms with Crippen LogP contribution in [0.1, 0.15) is 17.0 Å². The molecule has 2 aromatic rings. The lowest BCUT2D eigenvalue weighted by Gasteiger charge is -2.31. The van der Waals surface area contributed by atoms with E-state index in [0.717, 1.165) is 11.1 Å². The standard InChI is InChI=1S/C15H20N4O2/c1-11-6-4-5-7-12(11)15(9-16,14(20)21-3)8-13-17-10-18-19(13)2/h4-7,10H,8-9,16H2,1-3H3. The second kappa shape index (κ2) is 6.05. The van der Waals surface area contributed by atoms with Gasteiger partial charge in [-0.3, -0.25) is 9.48 Å². The molecule has 0 aliphatic carbocycles. The molecule has 0 aliphatic rings. The fourth-order valence-corrected chi connectivity index (χ4v) is 2.60. The number of aromatic nitrogens is 3. The molecular weight excluding hydrogens is 268 g/mol. The Labute approximate surface area is 123 Å². The van der Waals surface area contributed by atoms with Gasteiger partial charge in [-0.1, -0.05) is 24.3 Å². The molecule has 1 aromatic heterocycles. The first-order chi connectivity index (χ1) is 10.0. The largest absolute Gasteiger partial charge is 0.468 e. The van der Waals surface area contributed by atoms with Gasteiger partial charge in [0.2, 0.25) is 0 Å². The number of methoxy groups -OCH3 is 1. The number of ether oxygens (including phenoxy) is 1. The number of nitrogens with zero attached hydrogens (tertiary/aromatic N) is 3. The number of aryl methyl sites for hydroxylation is 2. The van der Waals surface area contributed by atoms with Gasteiger partial charge in [-0.25, -0.2) is 4.98 Å². The average molecular weight is 288 g/mol. The van der Waals surface area contributed by atoms with Gasteiger partial charge in [0.25, 0.3) is 0 Å². The Morgan fingerprint density at radius 3 is 2.67 bits per heavy atom. The summed E-state index contributed by atoms with van der Waals surface area (Å²) in [5.41, 5.74) is 6.90. The van der Waals surface area contributed by atoms with Crippen LogP contribution in [0.5, 0.6) is 0 Å². The van der Waals surface area contributed by atoms with E-state index < -0.39 is 5.41 Å². The van der Waals surface area contributed by atoms with E-state index in [1.165, 1.54) is 13.4 Å². The highest BCUT2D eigenvalue weighted by Gasteiger charge is 2.42. The predicted octanol–water partition coefficient (Wildman–Crippen LogP) is 0.736. The van der Waals surface area contributed by atoms with Crippen LogP contribution in [0.25, 0.3) is 0 Å². The maximum atomic E-state index is 12.5. The Balaban J connectivity index is 2.56. The first kappa shape index (κ1) is 15.2. The predicted molar refractivity (Wildman–Crippen MR) is 78.6 cm³/mol. The molecule has 0 saturated heterocycles. The van der Waals surface area contributed by atoms with Gasteiger partial charge in [-0.2, -0.15) is 5.10 Å². The number of rotatable bonds is 5. The first-order valence-corrected chi connectivity index (χ1v) is 6.72. The molecule has 6 heteroatoms. The van der Waals surface area contributed by atoms with Crippen LogP contribution in [0.15, 0.2) is 30.6 Å². The minimum Gasteiger partial charge on any atom is -0.468 e. The minimum atomic E-state index is -0.957. The summed E-state index contributed by atoms with van der Waals surface area (Å²) in [6.45, 7) is 2.09. The molecular formula is C15H20N4O2. The van der Waals surface area contributed by atoms with Gasteiger partial charge in [-0.05, 0) is 18.1 Å². The Hall–Kier alpha value is -2.21. The number of carbonyl (C=O) groups is 1. The lowest BCUT2D eigenvalue weighted by molar-refractivity contribution is -0.147. The van der Waals surface area contributed by atoms with Crippen molar-refractivity contribution in [2.45, 2.75) is 18.8 Å². The van der Waals surface area contributed by atoms with E-state index in [0.29, 0.717) is 12.2 Å². The molecule has 2 rings (SSSR count). The highest BCUT2D eigenvalue weighted by molar-refractivity contribution is 5.84. The van der Waals surface area contributed by atoms with Crippen molar-refractivity contribution in [2.75, 3.05) is 13.7 Å². The van der Waals surface area contributed by atoms with Crippen molar-refractivity contribution in [1.29, 1.82) is 0 Å². The van der Waals surface area contributed by atoms with Gasteiger partial charge < -0.3 is 10.5 Å². The summed E-state index contributed by atoms with van der Waals surface area (Å²) in [7, 11) is 3.17. The van der Waals surface area contributed by atoms with Crippen LogP contribution in [0.3, 0.4) is 0 Å². The molecule has 0 amide bonds. The summed E-state index contributed by atoms with van der Waals surface area (Å²) in [5, 5.41) is 4.05. The molecule has 112 valence electrons. The second-order valence-corrected chi connectivity index (χ2v) is 5.07. The van der Waals surface area contributed by atoms with E-state index in [2.05, 4.69) is 10.1 Å². The number of hydrogen-bond acceptors (Lipinski definition) is 5. The topological polar surface area (TPSA) is 83.0 Å². The maximum absolute atomic E-state index is 12.5. The van der Waals surface area contributed by atoms with Crippen molar-refractivity contribution in [3.8, 4) is 0 Å². The number of carbonyl (C=O) groups excluding carboxylic acids is 1. The van der Waals surface area contributed by atoms with Crippen LogP contribution in [-0.4, -0.2) is 34.4 Å². The zero-order chi connectivity index (χ0) is 15.5. The summed E-state index contributed by atoms with van der Waals surface area (Å²) in [4.78, 5) is 16.7. The van der Waals surface area contributed by atoms with Crippen LogP contribution in [-0.2, 0) is 28.4 Å². The highest BCUT2D eigenvalue weighted by atomic mass is 16.5. The van der Waals surface area contributed by atoms with Crippen molar-refractivity contribution in [3.63, 3.8) is 0 Å². The molecule has 0 spiro atoms. The lowest BCUT2D eigenvalue weighted by atomic mass is 9.75. The minimum absolute atomic E-state index is 0.136. The van der Waals surface area contributed by atoms with Crippen molar-refractivity contribution < 1.29 is 9.53 Å². The molecule has 0 aliphatic heterocycles. The van der Waals surface area contributed by atoms with Gasteiger partial charge in [0.05, 0.1) is 7.11 Å². The molecule has 1 aromatic carbocycles. The average Bonchev–Trinajstić information content (AvgIpc) is 2.90. The van der Waals surface area contributed by atoms with Gasteiger partial charge >= 0.3 is 5.97 Å². The Bertz CT molecular complexity index is 638. The zero-order valence-corrected chi connectivity index (χ0v) is 12.5. The summed E-state index contributed by atoms with van der Waals surface area (Å²) >= 11 is 0. The van der Waals surface area contributed by atoms with Crippen molar-refractivity contribution in [3.05, 3.63) is 47.5 Å². The molecule has 1 heterocycles. The van der Waals surface area contributed by atoms with Gasteiger partial charge in [-0.15, -0.1) is 0 Å². The fourth-order valence-electron chi connectivity index (χ4n) is 2.60. The zero-order valence-electron chi connectivity index (χ0n) is 12.5. The normalized spacial score (nSPS) is 13.7. The molecule has 2 N–H and O–H groups in total. The molecule has 6 nitrogen and oxygen atoms in total. The second-order valence-electron chi connectivity index (χ2n) is 5.07. The van der Waals surface area contributed by atoms with Gasteiger partial charge in [0.15, 0.2) is 0 Å². The van der Waals surface area contributed by atoms with Crippen molar-refractivity contribution >= 4 is 5.97 Å². The van der Waals surface area contributed by atoms with E-state index in [-0.39, 0.29) is 12.5 Å². The maximum Gasteiger partial charge on any atom is 0.318 e. The van der Waals surface area contributed by atoms with E-state index in [9.17, 15) is 4.79 Å². The summed E-state index contributed by atoms with van der Waals surface area (Å²) in [6, 6.07) is 7.70. The van der Waals surface area contributed by atoms with Crippen LogP contribution < -0.4 is 5.73 Å². The van der Waals surface area contributed by atoms with E-state index in [1.54, 1.807) is 11.7 Å². The number of benzene rings is 1. The SMILES string of the molecule is COC(=O)C(CN)(Cc1ncnn1C)c1ccccc1C. The highest BCUT2D eigenvalue weighted by Crippen LogP contribution is 2.31. The summed E-state index contributed by atoms with van der Waals surface area (Å²) < 4.78 is 6.67. The smallest absolute Gasteiger partial charge is 0.318 e. The Kier molecular flexibility index (Phi) is 4.37. The van der Waals surface area contributed by atoms with Crippen LogP contribution in [0.2, 0.25) is 0 Å². The number of nitrogens with two attached hydrogens (primary N) is 1. The third kappa shape index (κ3) is 2.67. The number of esters is 1. The van der Waals surface area contributed by atoms with Crippen molar-refractivity contribution in [1.82, 2.24) is 14.8 Å². The third-order valence-electron chi connectivity index (χ3n) is 3.85. The third-order valence-corrected chi connectivity index (χ3v) is 3.85. The van der Waals surface area contributed by atoms with Crippen LogP contribution in [0.4, 0.5) is 0 Å². The van der Waals surface area contributed by atoms with Gasteiger partial charge in [0.1, 0.15) is 17.6 Å². The van der Waals surface area contributed by atoms with E-state index in [1.807, 2.05) is 31.2 Å². The molecule has 0 fully saturated rings. The van der Waals surface area contributed by atoms with Crippen LogP contribution >= 0.6 is 0 Å². The molecule has 0 radical (unpaired) electrons. The Morgan fingerprint density at radius 2 is 2.14 bits per heavy atom.